The smallest absolute Gasteiger partial charge is 0.282 e. The van der Waals surface area contributed by atoms with Gasteiger partial charge < -0.3 is 0 Å². The van der Waals surface area contributed by atoms with Crippen molar-refractivity contribution in [1.29, 1.82) is 0 Å². The van der Waals surface area contributed by atoms with Crippen molar-refractivity contribution >= 4 is 8.25 Å². The first-order valence-electron chi connectivity index (χ1n) is 4.95. The lowest BCUT2D eigenvalue weighted by atomic mass is 9.81. The summed E-state index contributed by atoms with van der Waals surface area (Å²) in [5.74, 6) is 0. The summed E-state index contributed by atoms with van der Waals surface area (Å²) < 4.78 is 21.0. The van der Waals surface area contributed by atoms with Crippen molar-refractivity contribution in [3.63, 3.8) is 0 Å². The van der Waals surface area contributed by atoms with E-state index in [1.807, 2.05) is 0 Å². The third-order valence-electron chi connectivity index (χ3n) is 2.51. The highest BCUT2D eigenvalue weighted by molar-refractivity contribution is 7.33. The summed E-state index contributed by atoms with van der Waals surface area (Å²) in [6.07, 6.45) is 4.46. The Labute approximate surface area is 80.8 Å². The summed E-state index contributed by atoms with van der Waals surface area (Å²) in [6.45, 7) is 5.52. The minimum atomic E-state index is -1.82. The Bertz CT molecular complexity index is 164. The minimum absolute atomic E-state index is 0.132. The first-order chi connectivity index (χ1) is 6.22. The molecule has 1 heterocycles. The topological polar surface area (TPSA) is 35.5 Å². The van der Waals surface area contributed by atoms with Gasteiger partial charge in [0, 0.05) is 5.41 Å². The highest BCUT2D eigenvalue weighted by Gasteiger charge is 2.34. The van der Waals surface area contributed by atoms with E-state index in [9.17, 15) is 4.57 Å². The molecule has 0 aromatic carbocycles. The van der Waals surface area contributed by atoms with Crippen LogP contribution in [0.1, 0.15) is 39.5 Å². The zero-order valence-corrected chi connectivity index (χ0v) is 9.31. The fourth-order valence-corrected chi connectivity index (χ4v) is 2.77. The summed E-state index contributed by atoms with van der Waals surface area (Å²) in [7, 11) is -1.82. The van der Waals surface area contributed by atoms with Gasteiger partial charge in [-0.05, 0) is 12.8 Å². The molecule has 1 fully saturated rings. The van der Waals surface area contributed by atoms with Gasteiger partial charge in [-0.15, -0.1) is 0 Å². The Hall–Kier alpha value is 0.0200. The van der Waals surface area contributed by atoms with Crippen LogP contribution in [-0.4, -0.2) is 13.2 Å². The van der Waals surface area contributed by atoms with Crippen molar-refractivity contribution in [2.45, 2.75) is 39.5 Å². The van der Waals surface area contributed by atoms with E-state index in [4.69, 9.17) is 9.05 Å². The fraction of sp³-hybridized carbons (Fsp3) is 1.00. The van der Waals surface area contributed by atoms with Crippen LogP contribution in [0.15, 0.2) is 0 Å². The third-order valence-corrected chi connectivity index (χ3v) is 3.19. The van der Waals surface area contributed by atoms with Gasteiger partial charge in [0.05, 0.1) is 13.2 Å². The molecule has 13 heavy (non-hydrogen) atoms. The van der Waals surface area contributed by atoms with Crippen LogP contribution in [0.2, 0.25) is 0 Å². The molecule has 0 aromatic rings. The van der Waals surface area contributed by atoms with Crippen molar-refractivity contribution in [3.05, 3.63) is 0 Å². The molecular weight excluding hydrogens is 187 g/mol. The van der Waals surface area contributed by atoms with Crippen LogP contribution in [0.3, 0.4) is 0 Å². The largest absolute Gasteiger partial charge is 0.368 e. The number of rotatable bonds is 4. The molecule has 77 valence electrons. The van der Waals surface area contributed by atoms with Crippen LogP contribution in [0.25, 0.3) is 0 Å². The van der Waals surface area contributed by atoms with Gasteiger partial charge in [0.25, 0.3) is 0 Å². The lowest BCUT2D eigenvalue weighted by Crippen LogP contribution is -2.33. The van der Waals surface area contributed by atoms with Crippen LogP contribution in [-0.2, 0) is 13.6 Å². The Kier molecular flexibility index (Phi) is 4.30. The second kappa shape index (κ2) is 5.04. The quantitative estimate of drug-likeness (QED) is 0.660. The SMILES string of the molecule is CCCC1(CCC)CO[P](=O)OC1. The van der Waals surface area contributed by atoms with Crippen LogP contribution in [0, 0.1) is 5.41 Å². The predicted octanol–water partition coefficient (Wildman–Crippen LogP) is 3.28. The van der Waals surface area contributed by atoms with E-state index in [1.54, 1.807) is 0 Å². The highest BCUT2D eigenvalue weighted by Crippen LogP contribution is 2.42. The summed E-state index contributed by atoms with van der Waals surface area (Å²) in [5, 5.41) is 0. The standard InChI is InChI=1S/C9H18O3P/c1-3-5-9(6-4-2)7-11-13(10)12-8-9/h3-8H2,1-2H3. The molecule has 1 radical (unpaired) electrons. The Morgan fingerprint density at radius 1 is 1.15 bits per heavy atom. The summed E-state index contributed by atoms with van der Waals surface area (Å²) in [5.41, 5.74) is 0.132. The van der Waals surface area contributed by atoms with E-state index in [1.165, 1.54) is 0 Å². The summed E-state index contributed by atoms with van der Waals surface area (Å²) in [6, 6.07) is 0. The molecule has 1 aliphatic heterocycles. The Morgan fingerprint density at radius 2 is 1.62 bits per heavy atom. The van der Waals surface area contributed by atoms with Crippen LogP contribution in [0.4, 0.5) is 0 Å². The van der Waals surface area contributed by atoms with Gasteiger partial charge in [0.15, 0.2) is 0 Å². The Morgan fingerprint density at radius 3 is 2.00 bits per heavy atom. The number of hydrogen-bond donors (Lipinski definition) is 0. The molecule has 1 saturated heterocycles. The molecule has 4 heteroatoms. The zero-order chi connectivity index (χ0) is 9.73. The van der Waals surface area contributed by atoms with E-state index in [-0.39, 0.29) is 5.41 Å². The van der Waals surface area contributed by atoms with Crippen molar-refractivity contribution < 1.29 is 13.6 Å². The Balaban J connectivity index is 2.51. The van der Waals surface area contributed by atoms with Crippen LogP contribution >= 0.6 is 8.25 Å². The maximum atomic E-state index is 10.9. The first-order valence-corrected chi connectivity index (χ1v) is 6.05. The van der Waals surface area contributed by atoms with Gasteiger partial charge >= 0.3 is 8.25 Å². The molecule has 0 bridgehead atoms. The lowest BCUT2D eigenvalue weighted by molar-refractivity contribution is 0.0140. The van der Waals surface area contributed by atoms with Crippen molar-refractivity contribution in [1.82, 2.24) is 0 Å². The average Bonchev–Trinajstić information content (AvgIpc) is 2.11. The number of hydrogen-bond acceptors (Lipinski definition) is 3. The summed E-state index contributed by atoms with van der Waals surface area (Å²) >= 11 is 0. The molecule has 0 amide bonds. The van der Waals surface area contributed by atoms with Gasteiger partial charge in [-0.2, -0.15) is 0 Å². The molecule has 0 spiro atoms. The van der Waals surface area contributed by atoms with Crippen molar-refractivity contribution in [2.75, 3.05) is 13.2 Å². The normalized spacial score (nSPS) is 21.8. The molecule has 0 saturated carbocycles. The van der Waals surface area contributed by atoms with Gasteiger partial charge in [-0.3, -0.25) is 9.05 Å². The molecule has 0 aromatic heterocycles. The third kappa shape index (κ3) is 3.01. The molecule has 1 aliphatic rings. The summed E-state index contributed by atoms with van der Waals surface area (Å²) in [4.78, 5) is 0. The van der Waals surface area contributed by atoms with E-state index >= 15 is 0 Å². The highest BCUT2D eigenvalue weighted by atomic mass is 31.1. The van der Waals surface area contributed by atoms with Gasteiger partial charge in [-0.1, -0.05) is 26.7 Å². The molecule has 1 rings (SSSR count). The van der Waals surface area contributed by atoms with E-state index in [2.05, 4.69) is 13.8 Å². The minimum Gasteiger partial charge on any atom is -0.282 e. The molecule has 0 unspecified atom stereocenters. The average molecular weight is 205 g/mol. The zero-order valence-electron chi connectivity index (χ0n) is 8.41. The molecule has 0 atom stereocenters. The molecule has 0 N–H and O–H groups in total. The van der Waals surface area contributed by atoms with E-state index in [0.717, 1.165) is 25.7 Å². The van der Waals surface area contributed by atoms with Gasteiger partial charge in [0.2, 0.25) is 0 Å². The van der Waals surface area contributed by atoms with Gasteiger partial charge in [0.1, 0.15) is 0 Å². The first kappa shape index (κ1) is 11.1. The molecule has 0 aliphatic carbocycles. The fourth-order valence-electron chi connectivity index (χ4n) is 1.93. The van der Waals surface area contributed by atoms with Crippen molar-refractivity contribution in [3.8, 4) is 0 Å². The maximum absolute atomic E-state index is 10.9. The second-order valence-electron chi connectivity index (χ2n) is 3.77. The van der Waals surface area contributed by atoms with Crippen LogP contribution in [0.5, 0.6) is 0 Å². The van der Waals surface area contributed by atoms with E-state index < -0.39 is 8.25 Å². The second-order valence-corrected chi connectivity index (χ2v) is 4.73. The maximum Gasteiger partial charge on any atom is 0.368 e. The monoisotopic (exact) mass is 205 g/mol. The lowest BCUT2D eigenvalue weighted by Gasteiger charge is -2.35. The molecular formula is C9H18O3P. The van der Waals surface area contributed by atoms with Gasteiger partial charge in [-0.25, -0.2) is 4.57 Å². The van der Waals surface area contributed by atoms with Crippen molar-refractivity contribution in [2.24, 2.45) is 5.41 Å². The predicted molar refractivity (Wildman–Crippen MR) is 51.8 cm³/mol. The van der Waals surface area contributed by atoms with E-state index in [0.29, 0.717) is 13.2 Å². The van der Waals surface area contributed by atoms with Crippen LogP contribution < -0.4 is 0 Å². The molecule has 3 nitrogen and oxygen atoms in total.